The number of nitrogens with zero attached hydrogens (tertiary/aromatic N) is 2. The van der Waals surface area contributed by atoms with Gasteiger partial charge in [-0.3, -0.25) is 0 Å². The summed E-state index contributed by atoms with van der Waals surface area (Å²) in [6.45, 7) is 4.16. The van der Waals surface area contributed by atoms with Crippen molar-refractivity contribution in [1.29, 1.82) is 0 Å². The van der Waals surface area contributed by atoms with Crippen molar-refractivity contribution in [2.75, 3.05) is 5.73 Å². The molecule has 0 unspecified atom stereocenters. The predicted octanol–water partition coefficient (Wildman–Crippen LogP) is 2.34. The third-order valence-corrected chi connectivity index (χ3v) is 2.44. The minimum absolute atomic E-state index is 0.498. The zero-order chi connectivity index (χ0) is 10.8. The van der Waals surface area contributed by atoms with Gasteiger partial charge in [-0.15, -0.1) is 0 Å². The number of benzene rings is 1. The summed E-state index contributed by atoms with van der Waals surface area (Å²) < 4.78 is 0. The molecule has 0 spiro atoms. The third kappa shape index (κ3) is 1.96. The second-order valence-electron chi connectivity index (χ2n) is 3.60. The number of hydrogen-bond donors (Lipinski definition) is 1. The molecule has 0 amide bonds. The Morgan fingerprint density at radius 1 is 1.07 bits per heavy atom. The van der Waals surface area contributed by atoms with Crippen LogP contribution in [0.3, 0.4) is 0 Å². The van der Waals surface area contributed by atoms with Gasteiger partial charge in [-0.1, -0.05) is 12.1 Å². The minimum Gasteiger partial charge on any atom is -0.384 e. The van der Waals surface area contributed by atoms with Crippen LogP contribution in [0.25, 0.3) is 11.4 Å². The highest BCUT2D eigenvalue weighted by molar-refractivity contribution is 5.58. The van der Waals surface area contributed by atoms with Gasteiger partial charge in [0, 0.05) is 11.8 Å². The lowest BCUT2D eigenvalue weighted by Crippen LogP contribution is -1.95. The Labute approximate surface area is 89.0 Å². The Hall–Kier alpha value is -1.90. The average molecular weight is 199 g/mol. The maximum Gasteiger partial charge on any atom is 0.161 e. The van der Waals surface area contributed by atoms with E-state index in [2.05, 4.69) is 35.9 Å². The van der Waals surface area contributed by atoms with Crippen LogP contribution < -0.4 is 5.73 Å². The highest BCUT2D eigenvalue weighted by Crippen LogP contribution is 2.18. The van der Waals surface area contributed by atoms with Crippen molar-refractivity contribution < 1.29 is 0 Å². The van der Waals surface area contributed by atoms with E-state index in [4.69, 9.17) is 5.73 Å². The number of nitrogen functional groups attached to an aromatic ring is 1. The standard InChI is InChI=1S/C12H13N3/c1-8-3-4-10(7-9(8)2)12-14-6-5-11(13)15-12/h3-7H,1-2H3,(H2,13,14,15). The van der Waals surface area contributed by atoms with Crippen LogP contribution in [-0.4, -0.2) is 9.97 Å². The van der Waals surface area contributed by atoms with Crippen molar-refractivity contribution in [2.45, 2.75) is 13.8 Å². The molecule has 0 bridgehead atoms. The first-order valence-corrected chi connectivity index (χ1v) is 4.83. The lowest BCUT2D eigenvalue weighted by Gasteiger charge is -2.04. The molecule has 2 rings (SSSR count). The molecule has 15 heavy (non-hydrogen) atoms. The molecule has 3 nitrogen and oxygen atoms in total. The van der Waals surface area contributed by atoms with E-state index in [0.29, 0.717) is 11.6 Å². The van der Waals surface area contributed by atoms with Crippen LogP contribution >= 0.6 is 0 Å². The summed E-state index contributed by atoms with van der Waals surface area (Å²) in [6, 6.07) is 7.84. The van der Waals surface area contributed by atoms with Crippen LogP contribution in [-0.2, 0) is 0 Å². The van der Waals surface area contributed by atoms with Gasteiger partial charge in [0.05, 0.1) is 0 Å². The molecule has 1 aromatic heterocycles. The molecule has 1 heterocycles. The van der Waals surface area contributed by atoms with E-state index in [1.165, 1.54) is 11.1 Å². The van der Waals surface area contributed by atoms with E-state index in [1.54, 1.807) is 12.3 Å². The van der Waals surface area contributed by atoms with E-state index in [9.17, 15) is 0 Å². The molecule has 1 aromatic carbocycles. The Bertz CT molecular complexity index is 492. The van der Waals surface area contributed by atoms with Crippen LogP contribution in [0.15, 0.2) is 30.5 Å². The summed E-state index contributed by atoms with van der Waals surface area (Å²) >= 11 is 0. The summed E-state index contributed by atoms with van der Waals surface area (Å²) in [5.41, 5.74) is 9.12. The summed E-state index contributed by atoms with van der Waals surface area (Å²) in [5, 5.41) is 0. The quantitative estimate of drug-likeness (QED) is 0.767. The number of rotatable bonds is 1. The number of nitrogens with two attached hydrogens (primary N) is 1. The number of aryl methyl sites for hydroxylation is 2. The molecule has 0 fully saturated rings. The maximum atomic E-state index is 5.61. The zero-order valence-electron chi connectivity index (χ0n) is 8.86. The van der Waals surface area contributed by atoms with Gasteiger partial charge in [-0.05, 0) is 37.1 Å². The van der Waals surface area contributed by atoms with E-state index in [0.717, 1.165) is 5.56 Å². The fourth-order valence-corrected chi connectivity index (χ4v) is 1.39. The lowest BCUT2D eigenvalue weighted by atomic mass is 10.1. The summed E-state index contributed by atoms with van der Waals surface area (Å²) in [6.07, 6.45) is 1.67. The van der Waals surface area contributed by atoms with Crippen LogP contribution in [0.5, 0.6) is 0 Å². The summed E-state index contributed by atoms with van der Waals surface area (Å²) in [4.78, 5) is 8.37. The topological polar surface area (TPSA) is 51.8 Å². The van der Waals surface area contributed by atoms with Gasteiger partial charge in [0.2, 0.25) is 0 Å². The summed E-state index contributed by atoms with van der Waals surface area (Å²) in [5.74, 6) is 1.18. The van der Waals surface area contributed by atoms with Gasteiger partial charge >= 0.3 is 0 Å². The summed E-state index contributed by atoms with van der Waals surface area (Å²) in [7, 11) is 0. The molecular formula is C12H13N3. The van der Waals surface area contributed by atoms with E-state index >= 15 is 0 Å². The molecule has 0 saturated heterocycles. The van der Waals surface area contributed by atoms with E-state index in [1.807, 2.05) is 6.07 Å². The highest BCUT2D eigenvalue weighted by Gasteiger charge is 2.02. The Morgan fingerprint density at radius 3 is 2.53 bits per heavy atom. The molecule has 0 aliphatic carbocycles. The molecule has 2 N–H and O–H groups in total. The van der Waals surface area contributed by atoms with Crippen molar-refractivity contribution in [3.8, 4) is 11.4 Å². The van der Waals surface area contributed by atoms with Crippen molar-refractivity contribution in [2.24, 2.45) is 0 Å². The highest BCUT2D eigenvalue weighted by atomic mass is 14.9. The Morgan fingerprint density at radius 2 is 1.87 bits per heavy atom. The second-order valence-corrected chi connectivity index (χ2v) is 3.60. The lowest BCUT2D eigenvalue weighted by molar-refractivity contribution is 1.18. The smallest absolute Gasteiger partial charge is 0.161 e. The molecular weight excluding hydrogens is 186 g/mol. The largest absolute Gasteiger partial charge is 0.384 e. The fourth-order valence-electron chi connectivity index (χ4n) is 1.39. The normalized spacial score (nSPS) is 10.3. The Balaban J connectivity index is 2.50. The zero-order valence-corrected chi connectivity index (χ0v) is 8.86. The van der Waals surface area contributed by atoms with Crippen LogP contribution in [0.4, 0.5) is 5.82 Å². The SMILES string of the molecule is Cc1ccc(-c2nccc(N)n2)cc1C. The number of hydrogen-bond acceptors (Lipinski definition) is 3. The second kappa shape index (κ2) is 3.69. The van der Waals surface area contributed by atoms with Crippen LogP contribution in [0.1, 0.15) is 11.1 Å². The maximum absolute atomic E-state index is 5.61. The van der Waals surface area contributed by atoms with Crippen molar-refractivity contribution in [3.05, 3.63) is 41.6 Å². The van der Waals surface area contributed by atoms with Crippen molar-refractivity contribution in [3.63, 3.8) is 0 Å². The number of aromatic nitrogens is 2. The first kappa shape index (κ1) is 9.65. The first-order chi connectivity index (χ1) is 7.16. The van der Waals surface area contributed by atoms with E-state index in [-0.39, 0.29) is 0 Å². The van der Waals surface area contributed by atoms with Crippen LogP contribution in [0, 0.1) is 13.8 Å². The monoisotopic (exact) mass is 199 g/mol. The van der Waals surface area contributed by atoms with Gasteiger partial charge in [0.1, 0.15) is 5.82 Å². The van der Waals surface area contributed by atoms with Crippen molar-refractivity contribution in [1.82, 2.24) is 9.97 Å². The molecule has 0 aliphatic rings. The third-order valence-electron chi connectivity index (χ3n) is 2.44. The van der Waals surface area contributed by atoms with Gasteiger partial charge in [-0.2, -0.15) is 0 Å². The van der Waals surface area contributed by atoms with Gasteiger partial charge in [0.25, 0.3) is 0 Å². The Kier molecular flexibility index (Phi) is 2.37. The molecule has 0 atom stereocenters. The molecule has 0 radical (unpaired) electrons. The first-order valence-electron chi connectivity index (χ1n) is 4.83. The van der Waals surface area contributed by atoms with Gasteiger partial charge in [-0.25, -0.2) is 9.97 Å². The molecule has 3 heteroatoms. The van der Waals surface area contributed by atoms with Gasteiger partial charge in [0.15, 0.2) is 5.82 Å². The molecule has 76 valence electrons. The minimum atomic E-state index is 0.498. The molecule has 2 aromatic rings. The van der Waals surface area contributed by atoms with Crippen molar-refractivity contribution >= 4 is 5.82 Å². The average Bonchev–Trinajstić information content (AvgIpc) is 2.22. The predicted molar refractivity (Wildman–Crippen MR) is 61.4 cm³/mol. The van der Waals surface area contributed by atoms with E-state index < -0.39 is 0 Å². The number of anilines is 1. The van der Waals surface area contributed by atoms with Crippen LogP contribution in [0.2, 0.25) is 0 Å². The molecule has 0 saturated carbocycles. The fraction of sp³-hybridized carbons (Fsp3) is 0.167. The van der Waals surface area contributed by atoms with Gasteiger partial charge < -0.3 is 5.73 Å². The molecule has 0 aliphatic heterocycles.